The van der Waals surface area contributed by atoms with Gasteiger partial charge in [-0.1, -0.05) is 19.7 Å². The molecule has 1 nitrogen and oxygen atoms in total. The maximum atomic E-state index is 10.2. The molecule has 0 aliphatic rings. The van der Waals surface area contributed by atoms with Crippen LogP contribution in [0.5, 0.6) is 0 Å². The van der Waals surface area contributed by atoms with Crippen LogP contribution in [0.15, 0.2) is 0 Å². The van der Waals surface area contributed by atoms with Gasteiger partial charge in [0.25, 0.3) is 0 Å². The van der Waals surface area contributed by atoms with Crippen molar-refractivity contribution in [3.8, 4) is 0 Å². The van der Waals surface area contributed by atoms with Crippen LogP contribution in [-0.2, 0) is 4.79 Å². The van der Waals surface area contributed by atoms with Crippen molar-refractivity contribution < 1.29 is 8.91 Å². The summed E-state index contributed by atoms with van der Waals surface area (Å²) in [5.74, 6) is 0. The molecule has 0 spiro atoms. The maximum Gasteiger partial charge on any atom is 0.221 e. The van der Waals surface area contributed by atoms with Crippen LogP contribution in [0.2, 0.25) is 0 Å². The van der Waals surface area contributed by atoms with Gasteiger partial charge in [-0.15, -0.1) is 0 Å². The Bertz CT molecular complexity index is 132. The average molecular weight is 138 g/mol. The molecule has 0 amide bonds. The van der Waals surface area contributed by atoms with Gasteiger partial charge in [-0.25, -0.2) is 0 Å². The summed E-state index contributed by atoms with van der Waals surface area (Å²) in [5, 5.41) is -0.393. The van der Waals surface area contributed by atoms with Crippen LogP contribution in [0.4, 0.5) is 0 Å². The molecule has 2 heteroatoms. The summed E-state index contributed by atoms with van der Waals surface area (Å²) in [5.41, 5.74) is 0. The minimum atomic E-state index is -1.87. The zero-order valence-corrected chi connectivity index (χ0v) is 5.37. The van der Waals surface area contributed by atoms with Crippen molar-refractivity contribution in [2.24, 2.45) is 0 Å². The Balaban J connectivity index is 3.22. The third-order valence-corrected chi connectivity index (χ3v) is 0.989. The molecular weight excluding hydrogens is 124 g/mol. The molecule has 0 fully saturated rings. The Hall–Kier alpha value is -0.0400. The highest BCUT2D eigenvalue weighted by atomic mass is 35.5. The van der Waals surface area contributed by atoms with Crippen LogP contribution in [-0.4, -0.2) is 5.24 Å². The van der Waals surface area contributed by atoms with Crippen molar-refractivity contribution >= 4 is 16.8 Å². The van der Waals surface area contributed by atoms with Crippen LogP contribution >= 0.6 is 11.6 Å². The van der Waals surface area contributed by atoms with Gasteiger partial charge < -0.3 is 0 Å². The second-order valence-corrected chi connectivity index (χ2v) is 1.98. The summed E-state index contributed by atoms with van der Waals surface area (Å²) >= 11 is 5.05. The lowest BCUT2D eigenvalue weighted by atomic mass is 10.2. The number of carbonyl (C=O) groups is 1. The summed E-state index contributed by atoms with van der Waals surface area (Å²) in [6.07, 6.45) is 1.55. The first-order chi connectivity index (χ1) is 4.92. The Kier molecular flexibility index (Phi) is 2.48. The largest absolute Gasteiger partial charge is 0.281 e. The number of carbonyl (C=O) groups excluding carboxylic acids is 1. The van der Waals surface area contributed by atoms with Crippen molar-refractivity contribution in [1.29, 1.82) is 0 Å². The highest BCUT2D eigenvalue weighted by Gasteiger charge is 1.92. The van der Waals surface area contributed by atoms with E-state index < -0.39 is 12.1 Å². The molecule has 0 radical (unpaired) electrons. The lowest BCUT2D eigenvalue weighted by molar-refractivity contribution is -0.111. The SMILES string of the molecule is [2H]C([2H])([2H])CCCCC(=O)Cl. The van der Waals surface area contributed by atoms with Crippen molar-refractivity contribution in [3.63, 3.8) is 0 Å². The summed E-state index contributed by atoms with van der Waals surface area (Å²) in [4.78, 5) is 10.2. The molecule has 0 rings (SSSR count). The number of hydrogen-bond donors (Lipinski definition) is 0. The quantitative estimate of drug-likeness (QED) is 0.430. The molecule has 0 atom stereocenters. The smallest absolute Gasteiger partial charge is 0.221 e. The molecule has 0 aromatic carbocycles. The number of halogens is 1. The van der Waals surface area contributed by atoms with Crippen LogP contribution in [0.3, 0.4) is 0 Å². The van der Waals surface area contributed by atoms with Crippen molar-refractivity contribution in [2.45, 2.75) is 32.5 Å². The van der Waals surface area contributed by atoms with E-state index in [1.165, 1.54) is 0 Å². The Labute approximate surface area is 59.2 Å². The molecule has 0 bridgehead atoms. The topological polar surface area (TPSA) is 17.1 Å². The standard InChI is InChI=1S/C6H11ClO/c1-2-3-4-5-6(7)8/h2-5H2,1H3/i1D3. The monoisotopic (exact) mass is 137 g/mol. The zero-order valence-electron chi connectivity index (χ0n) is 7.61. The summed E-state index contributed by atoms with van der Waals surface area (Å²) in [7, 11) is 0. The van der Waals surface area contributed by atoms with Crippen LogP contribution in [0, 0.1) is 0 Å². The maximum absolute atomic E-state index is 10.2. The fourth-order valence-electron chi connectivity index (χ4n) is 0.389. The molecule has 48 valence electrons. The Morgan fingerprint density at radius 3 is 3.00 bits per heavy atom. The first-order valence-corrected chi connectivity index (χ1v) is 2.98. The van der Waals surface area contributed by atoms with Gasteiger partial charge in [0.15, 0.2) is 0 Å². The summed E-state index contributed by atoms with van der Waals surface area (Å²) in [6.45, 7) is -1.87. The van der Waals surface area contributed by atoms with E-state index in [1.807, 2.05) is 0 Å². The Morgan fingerprint density at radius 1 is 1.75 bits per heavy atom. The van der Waals surface area contributed by atoms with Gasteiger partial charge in [0.05, 0.1) is 0 Å². The van der Waals surface area contributed by atoms with Crippen molar-refractivity contribution in [2.75, 3.05) is 0 Å². The Morgan fingerprint density at radius 2 is 2.50 bits per heavy atom. The van der Waals surface area contributed by atoms with Crippen molar-refractivity contribution in [3.05, 3.63) is 0 Å². The summed E-state index contributed by atoms with van der Waals surface area (Å²) < 4.78 is 20.5. The van der Waals surface area contributed by atoms with Gasteiger partial charge >= 0.3 is 0 Å². The molecular formula is C6H11ClO. The van der Waals surface area contributed by atoms with E-state index in [9.17, 15) is 4.79 Å². The molecule has 0 aliphatic carbocycles. The molecule has 8 heavy (non-hydrogen) atoms. The molecule has 0 aromatic heterocycles. The molecule has 0 saturated carbocycles. The van der Waals surface area contributed by atoms with Crippen molar-refractivity contribution in [1.82, 2.24) is 0 Å². The highest BCUT2D eigenvalue weighted by molar-refractivity contribution is 6.63. The lowest BCUT2D eigenvalue weighted by Gasteiger charge is -1.89. The molecule has 0 aromatic rings. The van der Waals surface area contributed by atoms with E-state index in [0.717, 1.165) is 0 Å². The molecule has 0 N–H and O–H groups in total. The number of unbranched alkanes of at least 4 members (excludes halogenated alkanes) is 1. The second kappa shape index (κ2) is 5.10. The van der Waals surface area contributed by atoms with E-state index >= 15 is 0 Å². The fraction of sp³-hybridized carbons (Fsp3) is 0.833. The molecule has 0 aliphatic heterocycles. The first-order valence-electron chi connectivity index (χ1n) is 4.10. The highest BCUT2D eigenvalue weighted by Crippen LogP contribution is 2.00. The molecule has 0 unspecified atom stereocenters. The van der Waals surface area contributed by atoms with Crippen LogP contribution in [0.1, 0.15) is 36.6 Å². The van der Waals surface area contributed by atoms with E-state index in [1.54, 1.807) is 0 Å². The summed E-state index contributed by atoms with van der Waals surface area (Å²) in [6, 6.07) is 0. The third kappa shape index (κ3) is 5.96. The normalized spacial score (nSPS) is 16.4. The second-order valence-electron chi connectivity index (χ2n) is 1.56. The molecule has 0 heterocycles. The van der Waals surface area contributed by atoms with Gasteiger partial charge in [0.2, 0.25) is 5.24 Å². The van der Waals surface area contributed by atoms with E-state index in [2.05, 4.69) is 0 Å². The zero-order chi connectivity index (χ0) is 8.91. The minimum absolute atomic E-state index is 0.164. The van der Waals surface area contributed by atoms with Crippen LogP contribution in [0.25, 0.3) is 0 Å². The van der Waals surface area contributed by atoms with Crippen LogP contribution < -0.4 is 0 Å². The average Bonchev–Trinajstić information content (AvgIpc) is 1.78. The van der Waals surface area contributed by atoms with E-state index in [-0.39, 0.29) is 12.8 Å². The van der Waals surface area contributed by atoms with Gasteiger partial charge in [-0.2, -0.15) is 0 Å². The predicted octanol–water partition coefficient (Wildman–Crippen LogP) is 2.33. The van der Waals surface area contributed by atoms with E-state index in [4.69, 9.17) is 15.7 Å². The fourth-order valence-corrected chi connectivity index (χ4v) is 0.523. The van der Waals surface area contributed by atoms with Gasteiger partial charge in [-0.05, 0) is 18.0 Å². The first kappa shape index (κ1) is 3.89. The van der Waals surface area contributed by atoms with Gasteiger partial charge in [-0.3, -0.25) is 4.79 Å². The predicted molar refractivity (Wildman–Crippen MR) is 35.0 cm³/mol. The minimum Gasteiger partial charge on any atom is -0.281 e. The molecule has 0 saturated heterocycles. The van der Waals surface area contributed by atoms with Gasteiger partial charge in [0, 0.05) is 10.5 Å². The van der Waals surface area contributed by atoms with E-state index in [0.29, 0.717) is 12.8 Å². The third-order valence-electron chi connectivity index (χ3n) is 0.800. The number of hydrogen-bond acceptors (Lipinski definition) is 1. The lowest BCUT2D eigenvalue weighted by Crippen LogP contribution is -1.84. The van der Waals surface area contributed by atoms with Gasteiger partial charge in [0.1, 0.15) is 0 Å². The number of rotatable bonds is 4.